The van der Waals surface area contributed by atoms with E-state index in [0.29, 0.717) is 13.1 Å². The van der Waals surface area contributed by atoms with Gasteiger partial charge in [-0.25, -0.2) is 0 Å². The SMILES string of the molecule is Cc1ccc([C@@H]2CCCN2C(=O)C2CN(C(=O)C3CCN(C)CC3)C2)cc1C. The largest absolute Gasteiger partial charge is 0.341 e. The quantitative estimate of drug-likeness (QED) is 0.806. The van der Waals surface area contributed by atoms with Crippen LogP contribution >= 0.6 is 0 Å². The summed E-state index contributed by atoms with van der Waals surface area (Å²) in [7, 11) is 2.11. The van der Waals surface area contributed by atoms with E-state index in [9.17, 15) is 9.59 Å². The minimum atomic E-state index is -0.0117. The molecule has 0 N–H and O–H groups in total. The number of hydrogen-bond donors (Lipinski definition) is 0. The summed E-state index contributed by atoms with van der Waals surface area (Å²) in [6, 6.07) is 6.78. The summed E-state index contributed by atoms with van der Waals surface area (Å²) in [6.07, 6.45) is 4.00. The maximum Gasteiger partial charge on any atom is 0.229 e. The van der Waals surface area contributed by atoms with E-state index in [2.05, 4.69) is 48.9 Å². The number of aryl methyl sites for hydroxylation is 2. The van der Waals surface area contributed by atoms with Crippen molar-refractivity contribution in [1.82, 2.24) is 14.7 Å². The van der Waals surface area contributed by atoms with Crippen LogP contribution in [-0.2, 0) is 9.59 Å². The van der Waals surface area contributed by atoms with Crippen LogP contribution in [-0.4, -0.2) is 66.3 Å². The van der Waals surface area contributed by atoms with Gasteiger partial charge < -0.3 is 14.7 Å². The first-order valence-electron chi connectivity index (χ1n) is 10.8. The monoisotopic (exact) mass is 383 g/mol. The summed E-state index contributed by atoms with van der Waals surface area (Å²) in [4.78, 5) is 32.1. The second kappa shape index (κ2) is 7.86. The van der Waals surface area contributed by atoms with Gasteiger partial charge >= 0.3 is 0 Å². The van der Waals surface area contributed by atoms with Gasteiger partial charge in [-0.15, -0.1) is 0 Å². The Labute approximate surface area is 168 Å². The summed E-state index contributed by atoms with van der Waals surface area (Å²) < 4.78 is 0. The first-order valence-corrected chi connectivity index (χ1v) is 10.8. The third kappa shape index (κ3) is 3.69. The normalized spacial score (nSPS) is 24.5. The number of benzene rings is 1. The average Bonchev–Trinajstić information content (AvgIpc) is 3.13. The van der Waals surface area contributed by atoms with Gasteiger partial charge in [0, 0.05) is 25.6 Å². The molecule has 5 heteroatoms. The van der Waals surface area contributed by atoms with E-state index >= 15 is 0 Å². The second-order valence-corrected chi connectivity index (χ2v) is 9.05. The molecule has 1 aromatic rings. The lowest BCUT2D eigenvalue weighted by molar-refractivity contribution is -0.152. The first-order chi connectivity index (χ1) is 13.4. The van der Waals surface area contributed by atoms with Crippen LogP contribution in [0.5, 0.6) is 0 Å². The number of hydrogen-bond acceptors (Lipinski definition) is 3. The lowest BCUT2D eigenvalue weighted by Crippen LogP contribution is -2.58. The highest BCUT2D eigenvalue weighted by molar-refractivity contribution is 5.86. The molecule has 152 valence electrons. The lowest BCUT2D eigenvalue weighted by Gasteiger charge is -2.43. The Bertz CT molecular complexity index is 748. The fourth-order valence-electron chi connectivity index (χ4n) is 4.91. The van der Waals surface area contributed by atoms with Crippen molar-refractivity contribution in [3.05, 3.63) is 34.9 Å². The predicted octanol–water partition coefficient (Wildman–Crippen LogP) is 2.77. The van der Waals surface area contributed by atoms with E-state index in [1.54, 1.807) is 0 Å². The maximum atomic E-state index is 13.1. The Balaban J connectivity index is 1.35. The topological polar surface area (TPSA) is 43.9 Å². The third-order valence-electron chi connectivity index (χ3n) is 7.06. The molecular formula is C23H33N3O2. The van der Waals surface area contributed by atoms with Crippen molar-refractivity contribution in [3.8, 4) is 0 Å². The third-order valence-corrected chi connectivity index (χ3v) is 7.06. The Morgan fingerprint density at radius 1 is 0.893 bits per heavy atom. The molecule has 2 amide bonds. The van der Waals surface area contributed by atoms with Crippen LogP contribution in [0.4, 0.5) is 0 Å². The minimum Gasteiger partial charge on any atom is -0.341 e. The molecule has 3 heterocycles. The minimum absolute atomic E-state index is 0.0117. The van der Waals surface area contributed by atoms with E-state index in [1.165, 1.54) is 16.7 Å². The molecule has 1 atom stereocenters. The summed E-state index contributed by atoms with van der Waals surface area (Å²) in [5.41, 5.74) is 3.84. The molecule has 5 nitrogen and oxygen atoms in total. The molecule has 0 aliphatic carbocycles. The van der Waals surface area contributed by atoms with Crippen molar-refractivity contribution in [1.29, 1.82) is 0 Å². The number of likely N-dealkylation sites (tertiary alicyclic amines) is 3. The molecule has 4 rings (SSSR count). The Hall–Kier alpha value is -1.88. The Morgan fingerprint density at radius 2 is 1.61 bits per heavy atom. The van der Waals surface area contributed by atoms with E-state index in [1.807, 2.05) is 4.90 Å². The number of amides is 2. The number of nitrogens with zero attached hydrogens (tertiary/aromatic N) is 3. The van der Waals surface area contributed by atoms with Crippen molar-refractivity contribution in [2.24, 2.45) is 11.8 Å². The number of carbonyl (C=O) groups is 2. The van der Waals surface area contributed by atoms with Gasteiger partial charge in [0.25, 0.3) is 0 Å². The highest BCUT2D eigenvalue weighted by Gasteiger charge is 2.42. The molecule has 0 aromatic heterocycles. The molecule has 0 saturated carbocycles. The standard InChI is InChI=1S/C23H33N3O2/c1-16-6-7-19(13-17(16)2)21-5-4-10-26(21)23(28)20-14-25(15-20)22(27)18-8-11-24(3)12-9-18/h6-7,13,18,20-21H,4-5,8-12,14-15H2,1-3H3/t21-/m0/s1. The summed E-state index contributed by atoms with van der Waals surface area (Å²) in [6.45, 7) is 8.32. The number of piperidine rings is 1. The summed E-state index contributed by atoms with van der Waals surface area (Å²) >= 11 is 0. The number of rotatable bonds is 3. The van der Waals surface area contributed by atoms with E-state index in [4.69, 9.17) is 0 Å². The summed E-state index contributed by atoms with van der Waals surface area (Å²) in [5.74, 6) is 0.655. The van der Waals surface area contributed by atoms with Gasteiger partial charge in [-0.05, 0) is 76.4 Å². The molecule has 3 aliphatic rings. The highest BCUT2D eigenvalue weighted by Crippen LogP contribution is 2.35. The van der Waals surface area contributed by atoms with Gasteiger partial charge in [-0.1, -0.05) is 18.2 Å². The van der Waals surface area contributed by atoms with Gasteiger partial charge in [0.15, 0.2) is 0 Å². The van der Waals surface area contributed by atoms with Crippen molar-refractivity contribution < 1.29 is 9.59 Å². The molecule has 0 spiro atoms. The van der Waals surface area contributed by atoms with Gasteiger partial charge in [0.2, 0.25) is 11.8 Å². The van der Waals surface area contributed by atoms with E-state index in [0.717, 1.165) is 45.3 Å². The van der Waals surface area contributed by atoms with Gasteiger partial charge in [0.1, 0.15) is 0 Å². The predicted molar refractivity (Wildman–Crippen MR) is 110 cm³/mol. The molecule has 3 saturated heterocycles. The molecular weight excluding hydrogens is 350 g/mol. The molecule has 28 heavy (non-hydrogen) atoms. The molecule has 1 aromatic carbocycles. The Morgan fingerprint density at radius 3 is 2.29 bits per heavy atom. The molecule has 3 fully saturated rings. The van der Waals surface area contributed by atoms with Crippen LogP contribution in [0.1, 0.15) is 48.4 Å². The molecule has 0 bridgehead atoms. The van der Waals surface area contributed by atoms with Crippen molar-refractivity contribution in [3.63, 3.8) is 0 Å². The van der Waals surface area contributed by atoms with Gasteiger partial charge in [0.05, 0.1) is 12.0 Å². The zero-order valence-electron chi connectivity index (χ0n) is 17.5. The van der Waals surface area contributed by atoms with Crippen LogP contribution in [0.25, 0.3) is 0 Å². The molecule has 3 aliphatic heterocycles. The average molecular weight is 384 g/mol. The fraction of sp³-hybridized carbons (Fsp3) is 0.652. The maximum absolute atomic E-state index is 13.1. The van der Waals surface area contributed by atoms with Crippen molar-refractivity contribution >= 4 is 11.8 Å². The van der Waals surface area contributed by atoms with E-state index in [-0.39, 0.29) is 29.7 Å². The van der Waals surface area contributed by atoms with Crippen molar-refractivity contribution in [2.75, 3.05) is 39.8 Å². The van der Waals surface area contributed by atoms with Crippen LogP contribution in [0.15, 0.2) is 18.2 Å². The summed E-state index contributed by atoms with van der Waals surface area (Å²) in [5, 5.41) is 0. The fourth-order valence-corrected chi connectivity index (χ4v) is 4.91. The lowest BCUT2D eigenvalue weighted by atomic mass is 9.90. The zero-order chi connectivity index (χ0) is 19.8. The van der Waals surface area contributed by atoms with Gasteiger partial charge in [-0.2, -0.15) is 0 Å². The van der Waals surface area contributed by atoms with Crippen LogP contribution < -0.4 is 0 Å². The Kier molecular flexibility index (Phi) is 5.46. The number of carbonyl (C=O) groups excluding carboxylic acids is 2. The van der Waals surface area contributed by atoms with Crippen LogP contribution in [0, 0.1) is 25.7 Å². The van der Waals surface area contributed by atoms with E-state index < -0.39 is 0 Å². The van der Waals surface area contributed by atoms with Crippen LogP contribution in [0.2, 0.25) is 0 Å². The zero-order valence-corrected chi connectivity index (χ0v) is 17.5. The second-order valence-electron chi connectivity index (χ2n) is 9.05. The highest BCUT2D eigenvalue weighted by atomic mass is 16.2. The first kappa shape index (κ1) is 19.4. The van der Waals surface area contributed by atoms with Gasteiger partial charge in [-0.3, -0.25) is 9.59 Å². The van der Waals surface area contributed by atoms with Crippen molar-refractivity contribution in [2.45, 2.75) is 45.6 Å². The van der Waals surface area contributed by atoms with Crippen LogP contribution in [0.3, 0.4) is 0 Å². The molecule has 0 radical (unpaired) electrons. The smallest absolute Gasteiger partial charge is 0.229 e. The molecule has 0 unspecified atom stereocenters.